The van der Waals surface area contributed by atoms with E-state index in [0.717, 1.165) is 68.8 Å². The molecule has 0 atom stereocenters. The van der Waals surface area contributed by atoms with Crippen LogP contribution in [0.5, 0.6) is 11.5 Å². The molecule has 4 aromatic carbocycles. The molecule has 0 spiro atoms. The molecule has 6 heteroatoms. The molecular formula is C41H38N4OPt. The summed E-state index contributed by atoms with van der Waals surface area (Å²) in [6, 6.07) is 36.7. The maximum atomic E-state index is 6.61. The first-order valence-electron chi connectivity index (χ1n) is 16.0. The second-order valence-corrected chi connectivity index (χ2v) is 12.7. The molecule has 3 heterocycles. The van der Waals surface area contributed by atoms with Gasteiger partial charge < -0.3 is 9.30 Å². The standard InChI is InChI=1S/C41H38N4O.Pt/c1-26(2)12-14-31-22-33(45-30(6)41(29(5)43-45)32-10-8-7-9-11-32)24-35(23-31)46-34-15-16-36-37-20-27(3)13-17-38(37)44(39(36)25-34)40-21-28(4)18-19-42-40;/h7-11,13,15-23,26H,12,14H2,1-6H3;/q-2;+2. The van der Waals surface area contributed by atoms with Crippen molar-refractivity contribution in [3.05, 3.63) is 131 Å². The largest absolute Gasteiger partial charge is 2.00 e. The summed E-state index contributed by atoms with van der Waals surface area (Å²) in [6.07, 6.45) is 3.88. The van der Waals surface area contributed by atoms with Crippen LogP contribution in [0.1, 0.15) is 48.3 Å². The number of aromatic nitrogens is 4. The molecule has 238 valence electrons. The van der Waals surface area contributed by atoms with Crippen LogP contribution >= 0.6 is 0 Å². The van der Waals surface area contributed by atoms with Crippen molar-refractivity contribution < 1.29 is 25.8 Å². The third kappa shape index (κ3) is 6.42. The molecule has 7 aromatic rings. The minimum Gasteiger partial charge on any atom is -0.509 e. The van der Waals surface area contributed by atoms with Crippen molar-refractivity contribution in [2.24, 2.45) is 5.92 Å². The average Bonchev–Trinajstić information content (AvgIpc) is 3.52. The van der Waals surface area contributed by atoms with Gasteiger partial charge in [0.1, 0.15) is 5.82 Å². The molecule has 0 saturated carbocycles. The predicted octanol–water partition coefficient (Wildman–Crippen LogP) is 10.2. The van der Waals surface area contributed by atoms with Crippen molar-refractivity contribution in [2.45, 2.75) is 54.4 Å². The number of aryl methyl sites for hydroxylation is 4. The van der Waals surface area contributed by atoms with Crippen molar-refractivity contribution in [1.82, 2.24) is 19.3 Å². The summed E-state index contributed by atoms with van der Waals surface area (Å²) >= 11 is 0. The van der Waals surface area contributed by atoms with Crippen LogP contribution in [0.25, 0.3) is 44.4 Å². The number of hydrogen-bond donors (Lipinski definition) is 0. The topological polar surface area (TPSA) is 44.9 Å². The van der Waals surface area contributed by atoms with Crippen LogP contribution in [0.3, 0.4) is 0 Å². The molecule has 0 unspecified atom stereocenters. The van der Waals surface area contributed by atoms with Crippen molar-refractivity contribution in [1.29, 1.82) is 0 Å². The first kappa shape index (κ1) is 32.5. The summed E-state index contributed by atoms with van der Waals surface area (Å²) in [5.74, 6) is 2.72. The van der Waals surface area contributed by atoms with Crippen molar-refractivity contribution in [3.8, 4) is 34.1 Å². The van der Waals surface area contributed by atoms with Gasteiger partial charge in [0, 0.05) is 34.5 Å². The van der Waals surface area contributed by atoms with E-state index in [1.165, 1.54) is 16.5 Å². The zero-order valence-corrected chi connectivity index (χ0v) is 29.9. The van der Waals surface area contributed by atoms with Crippen molar-refractivity contribution in [3.63, 3.8) is 0 Å². The molecule has 0 saturated heterocycles. The van der Waals surface area contributed by atoms with E-state index in [-0.39, 0.29) is 21.1 Å². The second kappa shape index (κ2) is 13.3. The SMILES string of the molecule is Cc1ccnc(-n2c3[c-]c(Oc4[c-]c(-n5nc(C)c(-c6ccccc6)c5C)cc(CCC(C)C)c4)ccc3c3cc(C)ccc32)c1.[Pt+2]. The number of fused-ring (bicyclic) bond motifs is 3. The molecule has 0 aliphatic heterocycles. The predicted molar refractivity (Wildman–Crippen MR) is 187 cm³/mol. The van der Waals surface area contributed by atoms with E-state index >= 15 is 0 Å². The van der Waals surface area contributed by atoms with Crippen LogP contribution in [-0.4, -0.2) is 19.3 Å². The van der Waals surface area contributed by atoms with E-state index in [1.54, 1.807) is 0 Å². The van der Waals surface area contributed by atoms with Crippen molar-refractivity contribution >= 4 is 21.8 Å². The zero-order valence-electron chi connectivity index (χ0n) is 27.7. The van der Waals surface area contributed by atoms with Gasteiger partial charge >= 0.3 is 21.1 Å². The molecule has 0 aliphatic rings. The van der Waals surface area contributed by atoms with Gasteiger partial charge in [-0.05, 0) is 80.4 Å². The number of nitrogens with zero attached hydrogens (tertiary/aromatic N) is 4. The van der Waals surface area contributed by atoms with Gasteiger partial charge in [-0.2, -0.15) is 16.7 Å². The first-order valence-corrected chi connectivity index (χ1v) is 16.0. The van der Waals surface area contributed by atoms with Crippen LogP contribution in [-0.2, 0) is 27.5 Å². The van der Waals surface area contributed by atoms with E-state index in [9.17, 15) is 0 Å². The Bertz CT molecular complexity index is 2210. The van der Waals surface area contributed by atoms with E-state index in [4.69, 9.17) is 14.8 Å². The Morgan fingerprint density at radius 3 is 2.34 bits per heavy atom. The summed E-state index contributed by atoms with van der Waals surface area (Å²) in [5, 5.41) is 7.26. The monoisotopic (exact) mass is 797 g/mol. The van der Waals surface area contributed by atoms with Gasteiger partial charge in [-0.3, -0.25) is 4.68 Å². The van der Waals surface area contributed by atoms with E-state index in [2.05, 4.69) is 125 Å². The van der Waals surface area contributed by atoms with Gasteiger partial charge in [0.15, 0.2) is 0 Å². The molecule has 0 N–H and O–H groups in total. The van der Waals surface area contributed by atoms with Gasteiger partial charge in [0.05, 0.1) is 5.69 Å². The third-order valence-electron chi connectivity index (χ3n) is 8.64. The normalized spacial score (nSPS) is 11.4. The summed E-state index contributed by atoms with van der Waals surface area (Å²) < 4.78 is 10.8. The summed E-state index contributed by atoms with van der Waals surface area (Å²) in [6.45, 7) is 12.9. The molecule has 5 nitrogen and oxygen atoms in total. The number of ether oxygens (including phenoxy) is 1. The Morgan fingerprint density at radius 1 is 0.787 bits per heavy atom. The number of hydrogen-bond acceptors (Lipinski definition) is 3. The second-order valence-electron chi connectivity index (χ2n) is 12.7. The van der Waals surface area contributed by atoms with Gasteiger partial charge in [0.2, 0.25) is 0 Å². The summed E-state index contributed by atoms with van der Waals surface area (Å²) in [4.78, 5) is 4.74. The average molecular weight is 798 g/mol. The molecule has 0 fully saturated rings. The van der Waals surface area contributed by atoms with Crippen LogP contribution < -0.4 is 4.74 Å². The Hall–Kier alpha value is -4.47. The Balaban J connectivity index is 0.00000386. The Labute approximate surface area is 291 Å². The third-order valence-corrected chi connectivity index (χ3v) is 8.64. The minimum atomic E-state index is 0. The van der Waals surface area contributed by atoms with E-state index < -0.39 is 0 Å². The zero-order chi connectivity index (χ0) is 31.9. The van der Waals surface area contributed by atoms with Gasteiger partial charge in [-0.15, -0.1) is 35.7 Å². The molecule has 3 aromatic heterocycles. The van der Waals surface area contributed by atoms with E-state index in [0.29, 0.717) is 17.4 Å². The maximum absolute atomic E-state index is 6.61. The number of pyridine rings is 1. The van der Waals surface area contributed by atoms with Gasteiger partial charge in [-0.1, -0.05) is 73.8 Å². The minimum absolute atomic E-state index is 0. The number of benzene rings is 4. The van der Waals surface area contributed by atoms with Crippen molar-refractivity contribution in [2.75, 3.05) is 0 Å². The van der Waals surface area contributed by atoms with E-state index in [1.807, 2.05) is 29.1 Å². The first-order chi connectivity index (χ1) is 22.2. The van der Waals surface area contributed by atoms with Crippen LogP contribution in [0, 0.1) is 45.7 Å². The molecule has 0 amide bonds. The molecule has 0 aliphatic carbocycles. The fourth-order valence-electron chi connectivity index (χ4n) is 6.35. The molecular weight excluding hydrogens is 760 g/mol. The van der Waals surface area contributed by atoms with Crippen LogP contribution in [0.15, 0.2) is 91.1 Å². The Morgan fingerprint density at radius 2 is 1.57 bits per heavy atom. The van der Waals surface area contributed by atoms with Gasteiger partial charge in [0.25, 0.3) is 0 Å². The summed E-state index contributed by atoms with van der Waals surface area (Å²) in [7, 11) is 0. The number of rotatable bonds is 8. The van der Waals surface area contributed by atoms with Crippen LogP contribution in [0.2, 0.25) is 0 Å². The van der Waals surface area contributed by atoms with Gasteiger partial charge in [-0.25, -0.2) is 4.98 Å². The quantitative estimate of drug-likeness (QED) is 0.144. The fourth-order valence-corrected chi connectivity index (χ4v) is 6.35. The molecule has 0 bridgehead atoms. The molecule has 47 heavy (non-hydrogen) atoms. The Kier molecular flexibility index (Phi) is 9.21. The summed E-state index contributed by atoms with van der Waals surface area (Å²) in [5.41, 5.74) is 10.8. The fraction of sp³-hybridized carbons (Fsp3) is 0.220. The molecule has 7 rings (SSSR count). The van der Waals surface area contributed by atoms with Crippen LogP contribution in [0.4, 0.5) is 0 Å². The smallest absolute Gasteiger partial charge is 0.509 e. The molecule has 0 radical (unpaired) electrons. The maximum Gasteiger partial charge on any atom is 2.00 e.